The van der Waals surface area contributed by atoms with E-state index in [1.165, 1.54) is 13.3 Å². The van der Waals surface area contributed by atoms with Crippen LogP contribution >= 0.6 is 0 Å². The summed E-state index contributed by atoms with van der Waals surface area (Å²) in [5.41, 5.74) is 1.03. The van der Waals surface area contributed by atoms with E-state index in [2.05, 4.69) is 10.3 Å². The molecule has 0 aliphatic heterocycles. The maximum absolute atomic E-state index is 12.4. The molecule has 0 aliphatic rings. The van der Waals surface area contributed by atoms with Crippen LogP contribution in [0.2, 0.25) is 0 Å². The molecule has 0 saturated heterocycles. The van der Waals surface area contributed by atoms with Crippen molar-refractivity contribution >= 4 is 17.7 Å². The van der Waals surface area contributed by atoms with E-state index < -0.39 is 12.0 Å². The molecule has 120 valence electrons. The van der Waals surface area contributed by atoms with Crippen molar-refractivity contribution in [2.45, 2.75) is 6.04 Å². The molecule has 1 aromatic heterocycles. The van der Waals surface area contributed by atoms with Crippen molar-refractivity contribution in [3.8, 4) is 0 Å². The van der Waals surface area contributed by atoms with Crippen molar-refractivity contribution in [3.63, 3.8) is 0 Å². The third kappa shape index (κ3) is 4.06. The summed E-state index contributed by atoms with van der Waals surface area (Å²) in [6.07, 6.45) is 1.48. The normalized spacial score (nSPS) is 11.4. The Morgan fingerprint density at radius 3 is 2.35 bits per heavy atom. The summed E-state index contributed by atoms with van der Waals surface area (Å²) in [7, 11) is 5.02. The second-order valence-electron chi connectivity index (χ2n) is 5.14. The number of anilines is 1. The number of amides is 1. The maximum atomic E-state index is 12.4. The smallest absolute Gasteiger partial charge is 0.333 e. The number of aromatic nitrogens is 1. The van der Waals surface area contributed by atoms with Crippen LogP contribution in [0.5, 0.6) is 0 Å². The first-order valence-electron chi connectivity index (χ1n) is 7.10. The van der Waals surface area contributed by atoms with Crippen LogP contribution in [0.3, 0.4) is 0 Å². The van der Waals surface area contributed by atoms with Gasteiger partial charge in [-0.2, -0.15) is 0 Å². The topological polar surface area (TPSA) is 71.5 Å². The van der Waals surface area contributed by atoms with Gasteiger partial charge in [0.2, 0.25) is 0 Å². The molecule has 0 aliphatic carbocycles. The lowest BCUT2D eigenvalue weighted by Crippen LogP contribution is -2.34. The fraction of sp³-hybridized carbons (Fsp3) is 0.235. The first-order valence-corrected chi connectivity index (χ1v) is 7.10. The molecular weight excluding hydrogens is 294 g/mol. The molecule has 0 radical (unpaired) electrons. The number of ether oxygens (including phenoxy) is 1. The Kier molecular flexibility index (Phi) is 5.30. The molecule has 0 spiro atoms. The summed E-state index contributed by atoms with van der Waals surface area (Å²) in [5.74, 6) is -0.168. The van der Waals surface area contributed by atoms with Crippen LogP contribution in [0.4, 0.5) is 5.82 Å². The fourth-order valence-corrected chi connectivity index (χ4v) is 2.04. The van der Waals surface area contributed by atoms with Crippen molar-refractivity contribution in [1.82, 2.24) is 10.3 Å². The molecule has 1 heterocycles. The summed E-state index contributed by atoms with van der Waals surface area (Å²) in [5, 5.41) is 2.68. The minimum absolute atomic E-state index is 0.375. The van der Waals surface area contributed by atoms with Gasteiger partial charge in [0, 0.05) is 20.3 Å². The predicted molar refractivity (Wildman–Crippen MR) is 87.2 cm³/mol. The highest BCUT2D eigenvalue weighted by molar-refractivity contribution is 5.96. The lowest BCUT2D eigenvalue weighted by atomic mass is 10.1. The van der Waals surface area contributed by atoms with E-state index in [-0.39, 0.29) is 5.91 Å². The van der Waals surface area contributed by atoms with Crippen LogP contribution in [0, 0.1) is 0 Å². The van der Waals surface area contributed by atoms with Gasteiger partial charge < -0.3 is 15.0 Å². The van der Waals surface area contributed by atoms with Crippen molar-refractivity contribution in [3.05, 3.63) is 59.8 Å². The van der Waals surface area contributed by atoms with E-state index in [9.17, 15) is 9.59 Å². The second-order valence-corrected chi connectivity index (χ2v) is 5.14. The average molecular weight is 313 g/mol. The summed E-state index contributed by atoms with van der Waals surface area (Å²) in [6.45, 7) is 0. The monoisotopic (exact) mass is 313 g/mol. The van der Waals surface area contributed by atoms with Gasteiger partial charge >= 0.3 is 5.97 Å². The Balaban J connectivity index is 2.19. The lowest BCUT2D eigenvalue weighted by molar-refractivity contribution is -0.143. The summed E-state index contributed by atoms with van der Waals surface area (Å²) < 4.78 is 4.78. The van der Waals surface area contributed by atoms with Crippen LogP contribution < -0.4 is 10.2 Å². The van der Waals surface area contributed by atoms with E-state index >= 15 is 0 Å². The van der Waals surface area contributed by atoms with Crippen molar-refractivity contribution in [2.75, 3.05) is 26.1 Å². The zero-order valence-corrected chi connectivity index (χ0v) is 13.3. The molecule has 6 heteroatoms. The van der Waals surface area contributed by atoms with Crippen molar-refractivity contribution in [1.29, 1.82) is 0 Å². The number of pyridine rings is 1. The van der Waals surface area contributed by atoms with Crippen LogP contribution in [-0.2, 0) is 9.53 Å². The van der Waals surface area contributed by atoms with Gasteiger partial charge in [0.1, 0.15) is 5.82 Å². The molecule has 0 unspecified atom stereocenters. The van der Waals surface area contributed by atoms with Gasteiger partial charge in [-0.3, -0.25) is 4.79 Å². The quantitative estimate of drug-likeness (QED) is 0.852. The maximum Gasteiger partial charge on any atom is 0.333 e. The van der Waals surface area contributed by atoms with Gasteiger partial charge in [0.05, 0.1) is 12.7 Å². The number of esters is 1. The van der Waals surface area contributed by atoms with Crippen LogP contribution in [0.15, 0.2) is 48.7 Å². The molecule has 6 nitrogen and oxygen atoms in total. The molecule has 1 aromatic carbocycles. The number of carbonyl (C=O) groups is 2. The Hall–Kier alpha value is -2.89. The van der Waals surface area contributed by atoms with E-state index in [0.29, 0.717) is 11.1 Å². The first kappa shape index (κ1) is 16.5. The van der Waals surface area contributed by atoms with Crippen molar-refractivity contribution in [2.24, 2.45) is 0 Å². The van der Waals surface area contributed by atoms with E-state index in [0.717, 1.165) is 5.82 Å². The number of nitrogens with one attached hydrogen (secondary N) is 1. The van der Waals surface area contributed by atoms with Gasteiger partial charge in [-0.15, -0.1) is 0 Å². The zero-order valence-electron chi connectivity index (χ0n) is 13.3. The molecule has 1 amide bonds. The van der Waals surface area contributed by atoms with E-state index in [4.69, 9.17) is 4.74 Å². The zero-order chi connectivity index (χ0) is 16.8. The Morgan fingerprint density at radius 1 is 1.13 bits per heavy atom. The van der Waals surface area contributed by atoms with Gasteiger partial charge in [-0.25, -0.2) is 9.78 Å². The summed E-state index contributed by atoms with van der Waals surface area (Å²) in [6, 6.07) is 11.5. The largest absolute Gasteiger partial charge is 0.467 e. The highest BCUT2D eigenvalue weighted by atomic mass is 16.5. The second kappa shape index (κ2) is 7.40. The highest BCUT2D eigenvalue weighted by Gasteiger charge is 2.24. The van der Waals surface area contributed by atoms with Gasteiger partial charge in [-0.1, -0.05) is 30.3 Å². The highest BCUT2D eigenvalue weighted by Crippen LogP contribution is 2.15. The molecule has 1 atom stereocenters. The van der Waals surface area contributed by atoms with Gasteiger partial charge in [-0.05, 0) is 17.7 Å². The van der Waals surface area contributed by atoms with Crippen molar-refractivity contribution < 1.29 is 14.3 Å². The lowest BCUT2D eigenvalue weighted by Gasteiger charge is -2.17. The van der Waals surface area contributed by atoms with Crippen LogP contribution in [-0.4, -0.2) is 38.1 Å². The van der Waals surface area contributed by atoms with Gasteiger partial charge in [0.15, 0.2) is 6.04 Å². The molecule has 2 aromatic rings. The van der Waals surface area contributed by atoms with Gasteiger partial charge in [0.25, 0.3) is 5.91 Å². The molecule has 2 rings (SSSR count). The molecule has 0 bridgehead atoms. The fourth-order valence-electron chi connectivity index (χ4n) is 2.04. The number of hydrogen-bond donors (Lipinski definition) is 1. The minimum atomic E-state index is -0.859. The number of rotatable bonds is 5. The molecule has 0 saturated carbocycles. The van der Waals surface area contributed by atoms with E-state index in [1.807, 2.05) is 25.1 Å². The molecule has 23 heavy (non-hydrogen) atoms. The van der Waals surface area contributed by atoms with Crippen LogP contribution in [0.25, 0.3) is 0 Å². The number of hydrogen-bond acceptors (Lipinski definition) is 5. The standard InChI is InChI=1S/C17H19N3O3/c1-20(2)14-10-9-13(11-18-14)16(21)19-15(17(22)23-3)12-7-5-4-6-8-12/h4-11,15H,1-3H3,(H,19,21)/t15-/m0/s1. The molecule has 1 N–H and O–H groups in total. The minimum Gasteiger partial charge on any atom is -0.467 e. The summed E-state index contributed by atoms with van der Waals surface area (Å²) in [4.78, 5) is 30.4. The Morgan fingerprint density at radius 2 is 1.83 bits per heavy atom. The number of nitrogens with zero attached hydrogens (tertiary/aromatic N) is 2. The first-order chi connectivity index (χ1) is 11.0. The molecule has 0 fully saturated rings. The van der Waals surface area contributed by atoms with Crippen LogP contribution in [0.1, 0.15) is 22.0 Å². The number of benzene rings is 1. The Labute approximate surface area is 135 Å². The number of methoxy groups -OCH3 is 1. The van der Waals surface area contributed by atoms with E-state index in [1.54, 1.807) is 36.4 Å². The third-order valence-electron chi connectivity index (χ3n) is 3.31. The SMILES string of the molecule is COC(=O)[C@@H](NC(=O)c1ccc(N(C)C)nc1)c1ccccc1. The predicted octanol–water partition coefficient (Wildman–Crippen LogP) is 1.79. The molecular formula is C17H19N3O3. The number of carbonyl (C=O) groups excluding carboxylic acids is 2. The average Bonchev–Trinajstić information content (AvgIpc) is 2.59. The Bertz CT molecular complexity index is 669. The third-order valence-corrected chi connectivity index (χ3v) is 3.31. The summed E-state index contributed by atoms with van der Waals surface area (Å²) >= 11 is 0.